The van der Waals surface area contributed by atoms with Gasteiger partial charge in [-0.2, -0.15) is 15.0 Å². The second-order valence-corrected chi connectivity index (χ2v) is 5.87. The Bertz CT molecular complexity index is 459. The summed E-state index contributed by atoms with van der Waals surface area (Å²) in [5.41, 5.74) is -0.285. The minimum absolute atomic E-state index is 0.105. The molecule has 0 unspecified atom stereocenters. The van der Waals surface area contributed by atoms with Crippen molar-refractivity contribution in [3.8, 4) is 0 Å². The lowest BCUT2D eigenvalue weighted by Crippen LogP contribution is -2.40. The van der Waals surface area contributed by atoms with Crippen molar-refractivity contribution in [2.24, 2.45) is 0 Å². The molecular formula is C14H26N6O. The van der Waals surface area contributed by atoms with Gasteiger partial charge in [-0.05, 0) is 19.3 Å². The monoisotopic (exact) mass is 294 g/mol. The zero-order valence-electron chi connectivity index (χ0n) is 13.2. The van der Waals surface area contributed by atoms with Gasteiger partial charge in [-0.25, -0.2) is 0 Å². The highest BCUT2D eigenvalue weighted by Gasteiger charge is 2.34. The number of aromatic nitrogens is 3. The third kappa shape index (κ3) is 3.93. The Labute approximate surface area is 126 Å². The van der Waals surface area contributed by atoms with Crippen molar-refractivity contribution >= 4 is 17.8 Å². The van der Waals surface area contributed by atoms with Gasteiger partial charge in [0.05, 0.1) is 12.1 Å². The van der Waals surface area contributed by atoms with Crippen LogP contribution in [0.15, 0.2) is 0 Å². The maximum Gasteiger partial charge on any atom is 0.231 e. The first kappa shape index (κ1) is 15.8. The molecule has 1 saturated carbocycles. The van der Waals surface area contributed by atoms with Crippen molar-refractivity contribution in [2.75, 3.05) is 42.8 Å². The first-order chi connectivity index (χ1) is 10.1. The number of hydrogen-bond donors (Lipinski definition) is 3. The molecule has 0 spiro atoms. The lowest BCUT2D eigenvalue weighted by Gasteiger charge is -2.28. The molecule has 0 atom stereocenters. The summed E-state index contributed by atoms with van der Waals surface area (Å²) in [5, 5.41) is 16.2. The van der Waals surface area contributed by atoms with Crippen molar-refractivity contribution in [1.82, 2.24) is 15.0 Å². The average molecular weight is 294 g/mol. The van der Waals surface area contributed by atoms with Crippen molar-refractivity contribution < 1.29 is 5.11 Å². The Balaban J connectivity index is 2.22. The Kier molecular flexibility index (Phi) is 5.17. The molecule has 7 heteroatoms. The van der Waals surface area contributed by atoms with Crippen LogP contribution in [0.5, 0.6) is 0 Å². The molecule has 1 aliphatic rings. The highest BCUT2D eigenvalue weighted by Crippen LogP contribution is 2.32. The number of anilines is 3. The van der Waals surface area contributed by atoms with E-state index in [2.05, 4.69) is 32.5 Å². The van der Waals surface area contributed by atoms with Crippen LogP contribution >= 0.6 is 0 Å². The zero-order chi connectivity index (χ0) is 15.3. The van der Waals surface area contributed by atoms with Crippen molar-refractivity contribution in [3.05, 3.63) is 0 Å². The SMILES string of the molecule is CCCNc1nc(NC2(CO)CCCC2)nc(N(C)C)n1. The van der Waals surface area contributed by atoms with E-state index in [0.717, 1.165) is 38.6 Å². The summed E-state index contributed by atoms with van der Waals surface area (Å²) in [6, 6.07) is 0. The molecule has 0 saturated heterocycles. The van der Waals surface area contributed by atoms with Gasteiger partial charge in [-0.3, -0.25) is 0 Å². The van der Waals surface area contributed by atoms with Crippen LogP contribution in [0.1, 0.15) is 39.0 Å². The fraction of sp³-hybridized carbons (Fsp3) is 0.786. The molecule has 0 aliphatic heterocycles. The van der Waals surface area contributed by atoms with Gasteiger partial charge in [-0.1, -0.05) is 19.8 Å². The summed E-state index contributed by atoms with van der Waals surface area (Å²) in [4.78, 5) is 15.1. The van der Waals surface area contributed by atoms with Crippen LogP contribution in [0.25, 0.3) is 0 Å². The number of aliphatic hydroxyl groups is 1. The molecule has 1 aromatic heterocycles. The molecule has 2 rings (SSSR count). The lowest BCUT2D eigenvalue weighted by atomic mass is 9.99. The molecule has 1 heterocycles. The largest absolute Gasteiger partial charge is 0.394 e. The van der Waals surface area contributed by atoms with Crippen LogP contribution in [0.3, 0.4) is 0 Å². The minimum Gasteiger partial charge on any atom is -0.394 e. The van der Waals surface area contributed by atoms with E-state index in [9.17, 15) is 5.11 Å². The van der Waals surface area contributed by atoms with Gasteiger partial charge in [0, 0.05) is 20.6 Å². The third-order valence-electron chi connectivity index (χ3n) is 3.80. The smallest absolute Gasteiger partial charge is 0.231 e. The zero-order valence-corrected chi connectivity index (χ0v) is 13.2. The molecule has 0 radical (unpaired) electrons. The summed E-state index contributed by atoms with van der Waals surface area (Å²) in [6.45, 7) is 3.02. The third-order valence-corrected chi connectivity index (χ3v) is 3.80. The van der Waals surface area contributed by atoms with Gasteiger partial charge in [-0.15, -0.1) is 0 Å². The highest BCUT2D eigenvalue weighted by atomic mass is 16.3. The van der Waals surface area contributed by atoms with Crippen LogP contribution in [-0.4, -0.2) is 52.8 Å². The van der Waals surface area contributed by atoms with Crippen LogP contribution in [0.4, 0.5) is 17.8 Å². The van der Waals surface area contributed by atoms with Gasteiger partial charge in [0.1, 0.15) is 0 Å². The number of aliphatic hydroxyl groups excluding tert-OH is 1. The Hall–Kier alpha value is -1.63. The summed E-state index contributed by atoms with van der Waals surface area (Å²) >= 11 is 0. The molecule has 1 aromatic rings. The maximum absolute atomic E-state index is 9.71. The van der Waals surface area contributed by atoms with E-state index in [1.165, 1.54) is 0 Å². The van der Waals surface area contributed by atoms with Gasteiger partial charge in [0.15, 0.2) is 0 Å². The molecule has 1 fully saturated rings. The predicted octanol–water partition coefficient (Wildman–Crippen LogP) is 1.48. The second kappa shape index (κ2) is 6.89. The first-order valence-corrected chi connectivity index (χ1v) is 7.65. The van der Waals surface area contributed by atoms with Gasteiger partial charge < -0.3 is 20.6 Å². The van der Waals surface area contributed by atoms with Crippen molar-refractivity contribution in [1.29, 1.82) is 0 Å². The molecule has 21 heavy (non-hydrogen) atoms. The molecule has 3 N–H and O–H groups in total. The van der Waals surface area contributed by atoms with Gasteiger partial charge >= 0.3 is 0 Å². The number of hydrogen-bond acceptors (Lipinski definition) is 7. The summed E-state index contributed by atoms with van der Waals surface area (Å²) in [5.74, 6) is 1.71. The maximum atomic E-state index is 9.71. The van der Waals surface area contributed by atoms with E-state index in [1.807, 2.05) is 19.0 Å². The summed E-state index contributed by atoms with van der Waals surface area (Å²) in [6.07, 6.45) is 5.15. The van der Waals surface area contributed by atoms with Crippen LogP contribution in [0.2, 0.25) is 0 Å². The molecule has 0 amide bonds. The Morgan fingerprint density at radius 1 is 1.14 bits per heavy atom. The first-order valence-electron chi connectivity index (χ1n) is 7.65. The molecular weight excluding hydrogens is 268 g/mol. The average Bonchev–Trinajstić information content (AvgIpc) is 2.94. The van der Waals surface area contributed by atoms with Gasteiger partial charge in [0.25, 0.3) is 0 Å². The Morgan fingerprint density at radius 3 is 2.38 bits per heavy atom. The van der Waals surface area contributed by atoms with E-state index in [1.54, 1.807) is 0 Å². The molecule has 118 valence electrons. The van der Waals surface area contributed by atoms with Crippen LogP contribution < -0.4 is 15.5 Å². The standard InChI is InChI=1S/C14H26N6O/c1-4-9-15-11-16-12(18-13(17-11)20(2)3)19-14(10-21)7-5-6-8-14/h21H,4-10H2,1-3H3,(H2,15,16,17,18,19). The van der Waals surface area contributed by atoms with Gasteiger partial charge in [0.2, 0.25) is 17.8 Å². The lowest BCUT2D eigenvalue weighted by molar-refractivity contribution is 0.213. The molecule has 0 bridgehead atoms. The molecule has 7 nitrogen and oxygen atoms in total. The number of rotatable bonds is 7. The van der Waals surface area contributed by atoms with E-state index < -0.39 is 0 Å². The predicted molar refractivity (Wildman–Crippen MR) is 84.8 cm³/mol. The highest BCUT2D eigenvalue weighted by molar-refractivity contribution is 5.44. The van der Waals surface area contributed by atoms with E-state index in [-0.39, 0.29) is 12.1 Å². The fourth-order valence-corrected chi connectivity index (χ4v) is 2.55. The molecule has 0 aromatic carbocycles. The van der Waals surface area contributed by atoms with Crippen molar-refractivity contribution in [3.63, 3.8) is 0 Å². The number of nitrogens with one attached hydrogen (secondary N) is 2. The van der Waals surface area contributed by atoms with E-state index in [4.69, 9.17) is 0 Å². The topological polar surface area (TPSA) is 86.2 Å². The van der Waals surface area contributed by atoms with E-state index >= 15 is 0 Å². The summed E-state index contributed by atoms with van der Waals surface area (Å²) in [7, 11) is 3.81. The normalized spacial score (nSPS) is 16.8. The van der Waals surface area contributed by atoms with E-state index in [0.29, 0.717) is 17.8 Å². The van der Waals surface area contributed by atoms with Crippen LogP contribution in [0, 0.1) is 0 Å². The Morgan fingerprint density at radius 2 is 1.81 bits per heavy atom. The molecule has 1 aliphatic carbocycles. The quantitative estimate of drug-likeness (QED) is 0.702. The van der Waals surface area contributed by atoms with Crippen LogP contribution in [-0.2, 0) is 0 Å². The second-order valence-electron chi connectivity index (χ2n) is 5.87. The minimum atomic E-state index is -0.285. The number of nitrogens with zero attached hydrogens (tertiary/aromatic N) is 4. The fourth-order valence-electron chi connectivity index (χ4n) is 2.55. The summed E-state index contributed by atoms with van der Waals surface area (Å²) < 4.78 is 0. The van der Waals surface area contributed by atoms with Crippen molar-refractivity contribution in [2.45, 2.75) is 44.6 Å².